The van der Waals surface area contributed by atoms with Gasteiger partial charge in [-0.25, -0.2) is 0 Å². The van der Waals surface area contributed by atoms with Crippen molar-refractivity contribution in [2.24, 2.45) is 0 Å². The molecule has 0 saturated carbocycles. The lowest BCUT2D eigenvalue weighted by Gasteiger charge is -2.25. The molecule has 0 unspecified atom stereocenters. The first-order chi connectivity index (χ1) is 6.72. The fourth-order valence-electron chi connectivity index (χ4n) is 1.45. The monoisotopic (exact) mass is 202 g/mol. The summed E-state index contributed by atoms with van der Waals surface area (Å²) in [6, 6.07) is 0.625. The Morgan fingerprint density at radius 2 is 1.93 bits per heavy atom. The van der Waals surface area contributed by atoms with Gasteiger partial charge in [0.1, 0.15) is 0 Å². The maximum atomic E-state index is 5.10. The van der Waals surface area contributed by atoms with Crippen LogP contribution in [0.3, 0.4) is 0 Å². The Kier molecular flexibility index (Phi) is 9.35. The lowest BCUT2D eigenvalue weighted by atomic mass is 10.2. The van der Waals surface area contributed by atoms with Gasteiger partial charge in [0.15, 0.2) is 0 Å². The fourth-order valence-corrected chi connectivity index (χ4v) is 1.45. The van der Waals surface area contributed by atoms with E-state index in [1.54, 1.807) is 7.11 Å². The van der Waals surface area contributed by atoms with Crippen molar-refractivity contribution >= 4 is 0 Å². The topological polar surface area (TPSA) is 24.5 Å². The molecule has 0 spiro atoms. The molecule has 0 amide bonds. The van der Waals surface area contributed by atoms with E-state index in [9.17, 15) is 0 Å². The summed E-state index contributed by atoms with van der Waals surface area (Å²) in [5.74, 6) is 0. The summed E-state index contributed by atoms with van der Waals surface area (Å²) >= 11 is 0. The Bertz CT molecular complexity index is 118. The Morgan fingerprint density at radius 3 is 2.43 bits per heavy atom. The van der Waals surface area contributed by atoms with Crippen LogP contribution in [0.25, 0.3) is 0 Å². The zero-order chi connectivity index (χ0) is 10.8. The van der Waals surface area contributed by atoms with Gasteiger partial charge < -0.3 is 10.1 Å². The average molecular weight is 202 g/mol. The molecule has 3 nitrogen and oxygen atoms in total. The maximum Gasteiger partial charge on any atom is 0.0589 e. The molecule has 0 atom stereocenters. The first-order valence-electron chi connectivity index (χ1n) is 5.60. The molecule has 0 aliphatic rings. The third-order valence-corrected chi connectivity index (χ3v) is 2.44. The average Bonchev–Trinajstić information content (AvgIpc) is 2.16. The van der Waals surface area contributed by atoms with Crippen LogP contribution in [0.5, 0.6) is 0 Å². The highest BCUT2D eigenvalue weighted by Crippen LogP contribution is 2.00. The highest BCUT2D eigenvalue weighted by atomic mass is 16.5. The summed E-state index contributed by atoms with van der Waals surface area (Å²) in [5, 5.41) is 3.17. The van der Waals surface area contributed by atoms with Crippen LogP contribution < -0.4 is 5.32 Å². The summed E-state index contributed by atoms with van der Waals surface area (Å²) in [7, 11) is 3.77. The predicted molar refractivity (Wildman–Crippen MR) is 61.7 cm³/mol. The second-order valence-electron chi connectivity index (χ2n) is 3.93. The molecule has 3 heteroatoms. The highest BCUT2D eigenvalue weighted by Gasteiger charge is 2.07. The van der Waals surface area contributed by atoms with Crippen molar-refractivity contribution in [2.75, 3.05) is 40.4 Å². The smallest absolute Gasteiger partial charge is 0.0589 e. The van der Waals surface area contributed by atoms with Crippen LogP contribution in [-0.4, -0.2) is 51.3 Å². The van der Waals surface area contributed by atoms with Crippen molar-refractivity contribution in [3.63, 3.8) is 0 Å². The SMILES string of the molecule is CNCCCCN(CCOC)C(C)C. The van der Waals surface area contributed by atoms with Crippen LogP contribution in [0.2, 0.25) is 0 Å². The van der Waals surface area contributed by atoms with Gasteiger partial charge in [-0.15, -0.1) is 0 Å². The normalized spacial score (nSPS) is 11.6. The van der Waals surface area contributed by atoms with E-state index in [-0.39, 0.29) is 0 Å². The first-order valence-corrected chi connectivity index (χ1v) is 5.60. The maximum absolute atomic E-state index is 5.10. The standard InChI is InChI=1S/C11H26N2O/c1-11(2)13(9-10-14-4)8-6-5-7-12-3/h11-12H,5-10H2,1-4H3. The van der Waals surface area contributed by atoms with Crippen molar-refractivity contribution in [3.8, 4) is 0 Å². The summed E-state index contributed by atoms with van der Waals surface area (Å²) in [6.45, 7) is 8.68. The van der Waals surface area contributed by atoms with E-state index in [1.807, 2.05) is 7.05 Å². The van der Waals surface area contributed by atoms with Crippen LogP contribution in [0.15, 0.2) is 0 Å². The molecule has 0 aliphatic heterocycles. The highest BCUT2D eigenvalue weighted by molar-refractivity contribution is 4.62. The van der Waals surface area contributed by atoms with E-state index >= 15 is 0 Å². The number of hydrogen-bond donors (Lipinski definition) is 1. The fraction of sp³-hybridized carbons (Fsp3) is 1.00. The Balaban J connectivity index is 3.52. The van der Waals surface area contributed by atoms with E-state index in [0.717, 1.165) is 19.7 Å². The molecule has 14 heavy (non-hydrogen) atoms. The van der Waals surface area contributed by atoms with Gasteiger partial charge in [0, 0.05) is 19.7 Å². The van der Waals surface area contributed by atoms with Crippen LogP contribution in [0.1, 0.15) is 26.7 Å². The van der Waals surface area contributed by atoms with Crippen LogP contribution in [0, 0.1) is 0 Å². The van der Waals surface area contributed by atoms with Crippen molar-refractivity contribution in [2.45, 2.75) is 32.7 Å². The minimum atomic E-state index is 0.625. The van der Waals surface area contributed by atoms with Crippen molar-refractivity contribution in [1.82, 2.24) is 10.2 Å². The van der Waals surface area contributed by atoms with Crippen molar-refractivity contribution < 1.29 is 4.74 Å². The third kappa shape index (κ3) is 7.30. The Labute approximate surface area is 88.8 Å². The number of nitrogens with one attached hydrogen (secondary N) is 1. The number of ether oxygens (including phenoxy) is 1. The van der Waals surface area contributed by atoms with Gasteiger partial charge in [-0.05, 0) is 46.8 Å². The van der Waals surface area contributed by atoms with Crippen LogP contribution in [-0.2, 0) is 4.74 Å². The number of nitrogens with zero attached hydrogens (tertiary/aromatic N) is 1. The van der Waals surface area contributed by atoms with Gasteiger partial charge in [-0.3, -0.25) is 4.90 Å². The molecule has 0 aromatic rings. The molecule has 1 N–H and O–H groups in total. The number of unbranched alkanes of at least 4 members (excludes halogenated alkanes) is 1. The zero-order valence-corrected chi connectivity index (χ0v) is 10.2. The van der Waals surface area contributed by atoms with Gasteiger partial charge >= 0.3 is 0 Å². The molecule has 86 valence electrons. The first kappa shape index (κ1) is 13.9. The van der Waals surface area contributed by atoms with Crippen molar-refractivity contribution in [3.05, 3.63) is 0 Å². The quantitative estimate of drug-likeness (QED) is 0.571. The molecular formula is C11H26N2O. The lowest BCUT2D eigenvalue weighted by molar-refractivity contribution is 0.128. The second-order valence-corrected chi connectivity index (χ2v) is 3.93. The summed E-state index contributed by atoms with van der Waals surface area (Å²) in [5.41, 5.74) is 0. The minimum Gasteiger partial charge on any atom is -0.383 e. The molecule has 0 bridgehead atoms. The number of rotatable bonds is 9. The van der Waals surface area contributed by atoms with Gasteiger partial charge in [-0.2, -0.15) is 0 Å². The van der Waals surface area contributed by atoms with Crippen LogP contribution in [0.4, 0.5) is 0 Å². The predicted octanol–water partition coefficient (Wildman–Crippen LogP) is 1.34. The molecular weight excluding hydrogens is 176 g/mol. The largest absolute Gasteiger partial charge is 0.383 e. The van der Waals surface area contributed by atoms with Gasteiger partial charge in [0.2, 0.25) is 0 Å². The number of methoxy groups -OCH3 is 1. The molecule has 0 aromatic heterocycles. The van der Waals surface area contributed by atoms with Gasteiger partial charge in [0.25, 0.3) is 0 Å². The summed E-state index contributed by atoms with van der Waals surface area (Å²) in [4.78, 5) is 2.47. The van der Waals surface area contributed by atoms with Crippen molar-refractivity contribution in [1.29, 1.82) is 0 Å². The van der Waals surface area contributed by atoms with E-state index < -0.39 is 0 Å². The summed E-state index contributed by atoms with van der Waals surface area (Å²) < 4.78 is 5.10. The molecule has 0 fully saturated rings. The van der Waals surface area contributed by atoms with Gasteiger partial charge in [-0.1, -0.05) is 0 Å². The number of hydrogen-bond acceptors (Lipinski definition) is 3. The van der Waals surface area contributed by atoms with E-state index in [4.69, 9.17) is 4.74 Å². The molecule has 0 aliphatic carbocycles. The Morgan fingerprint density at radius 1 is 1.21 bits per heavy atom. The summed E-state index contributed by atoms with van der Waals surface area (Å²) in [6.07, 6.45) is 2.52. The van der Waals surface area contributed by atoms with E-state index in [2.05, 4.69) is 24.1 Å². The molecule has 0 rings (SSSR count). The minimum absolute atomic E-state index is 0.625. The molecule has 0 radical (unpaired) electrons. The lowest BCUT2D eigenvalue weighted by Crippen LogP contribution is -2.34. The zero-order valence-electron chi connectivity index (χ0n) is 10.2. The van der Waals surface area contributed by atoms with E-state index in [1.165, 1.54) is 19.4 Å². The van der Waals surface area contributed by atoms with Gasteiger partial charge in [0.05, 0.1) is 6.61 Å². The molecule has 0 heterocycles. The third-order valence-electron chi connectivity index (χ3n) is 2.44. The van der Waals surface area contributed by atoms with Crippen LogP contribution >= 0.6 is 0 Å². The molecule has 0 saturated heterocycles. The second kappa shape index (κ2) is 9.44. The Hall–Kier alpha value is -0.120. The van der Waals surface area contributed by atoms with E-state index in [0.29, 0.717) is 6.04 Å². The molecule has 0 aromatic carbocycles.